The average Bonchev–Trinajstić information content (AvgIpc) is 3.80. The van der Waals surface area contributed by atoms with Gasteiger partial charge in [0, 0.05) is 24.5 Å². The molecule has 6 aliphatic rings. The molecule has 324 valence electrons. The summed E-state index contributed by atoms with van der Waals surface area (Å²) in [4.78, 5) is 15.3. The molecule has 0 amide bonds. The molecule has 4 unspecified atom stereocenters. The highest BCUT2D eigenvalue weighted by molar-refractivity contribution is 8.93. The van der Waals surface area contributed by atoms with Crippen molar-refractivity contribution >= 4 is 103 Å². The highest BCUT2D eigenvalue weighted by Gasteiger charge is 2.36. The van der Waals surface area contributed by atoms with Crippen molar-refractivity contribution in [3.8, 4) is 0 Å². The average molecular weight is 1080 g/mol. The Morgan fingerprint density at radius 3 is 1.15 bits per heavy atom. The minimum Gasteiger partial charge on any atom is -0.412 e. The van der Waals surface area contributed by atoms with E-state index in [9.17, 15) is 0 Å². The summed E-state index contributed by atoms with van der Waals surface area (Å²) in [6, 6.07) is 41.0. The van der Waals surface area contributed by atoms with Gasteiger partial charge in [-0.05, 0) is 158 Å². The molecular formula is C52H62Br4N4O. The molecule has 2 fully saturated rings. The van der Waals surface area contributed by atoms with Crippen LogP contribution in [-0.4, -0.2) is 78.1 Å². The molecule has 4 aromatic rings. The Labute approximate surface area is 406 Å². The lowest BCUT2D eigenvalue weighted by atomic mass is 9.88. The molecule has 4 aromatic carbocycles. The van der Waals surface area contributed by atoms with Crippen LogP contribution in [-0.2, 0) is 0 Å². The number of piperidine rings is 2. The molecular weight excluding hydrogens is 1020 g/mol. The van der Waals surface area contributed by atoms with Crippen LogP contribution < -0.4 is 0 Å². The van der Waals surface area contributed by atoms with Crippen LogP contribution in [0.4, 0.5) is 0 Å². The van der Waals surface area contributed by atoms with Gasteiger partial charge in [0.05, 0.1) is 12.1 Å². The third-order valence-corrected chi connectivity index (χ3v) is 13.1. The summed E-state index contributed by atoms with van der Waals surface area (Å²) in [5.74, 6) is 0. The maximum Gasteiger partial charge on any atom is 0.0776 e. The van der Waals surface area contributed by atoms with Crippen molar-refractivity contribution < 1.29 is 5.48 Å². The monoisotopic (exact) mass is 1070 g/mol. The summed E-state index contributed by atoms with van der Waals surface area (Å²) in [6.07, 6.45) is 18.8. The lowest BCUT2D eigenvalue weighted by Gasteiger charge is -2.34. The summed E-state index contributed by atoms with van der Waals surface area (Å²) in [6.45, 7) is 9.75. The molecule has 0 radical (unpaired) electrons. The van der Waals surface area contributed by atoms with E-state index in [-0.39, 0.29) is 85.5 Å². The van der Waals surface area contributed by atoms with Gasteiger partial charge in [0.25, 0.3) is 0 Å². The number of hydrogen-bond donors (Lipinski definition) is 0. The fourth-order valence-electron chi connectivity index (χ4n) is 10.2. The lowest BCUT2D eigenvalue weighted by Crippen LogP contribution is -2.39. The summed E-state index contributed by atoms with van der Waals surface area (Å²) >= 11 is 0. The van der Waals surface area contributed by atoms with Crippen molar-refractivity contribution in [3.63, 3.8) is 0 Å². The molecule has 0 aromatic heterocycles. The van der Waals surface area contributed by atoms with Crippen LogP contribution in [0.25, 0.3) is 22.3 Å². The van der Waals surface area contributed by atoms with Gasteiger partial charge in [0.1, 0.15) is 0 Å². The zero-order chi connectivity index (χ0) is 37.8. The summed E-state index contributed by atoms with van der Waals surface area (Å²) < 4.78 is 0. The van der Waals surface area contributed by atoms with E-state index in [0.717, 1.165) is 12.8 Å². The van der Waals surface area contributed by atoms with Gasteiger partial charge in [-0.1, -0.05) is 122 Å². The molecule has 2 saturated heterocycles. The van der Waals surface area contributed by atoms with Crippen molar-refractivity contribution in [2.75, 3.05) is 26.2 Å². The predicted molar refractivity (Wildman–Crippen MR) is 282 cm³/mol. The van der Waals surface area contributed by atoms with Crippen molar-refractivity contribution in [1.29, 1.82) is 0 Å². The van der Waals surface area contributed by atoms with Gasteiger partial charge in [-0.3, -0.25) is 9.98 Å². The van der Waals surface area contributed by atoms with Gasteiger partial charge in [0.2, 0.25) is 0 Å². The molecule has 0 bridgehead atoms. The first-order valence-electron chi connectivity index (χ1n) is 21.4. The molecule has 4 heterocycles. The number of halogens is 4. The van der Waals surface area contributed by atoms with E-state index in [0.29, 0.717) is 12.1 Å². The Bertz CT molecular complexity index is 2080. The molecule has 10 rings (SSSR count). The topological polar surface area (TPSA) is 62.7 Å². The Morgan fingerprint density at radius 1 is 0.459 bits per heavy atom. The van der Waals surface area contributed by atoms with E-state index in [1.54, 1.807) is 0 Å². The molecule has 0 spiro atoms. The highest BCUT2D eigenvalue weighted by atomic mass is 79.9. The number of rotatable bonds is 8. The van der Waals surface area contributed by atoms with Crippen LogP contribution >= 0.6 is 67.9 Å². The second-order valence-electron chi connectivity index (χ2n) is 16.6. The molecule has 61 heavy (non-hydrogen) atoms. The van der Waals surface area contributed by atoms with E-state index < -0.39 is 0 Å². The van der Waals surface area contributed by atoms with Crippen molar-refractivity contribution in [2.24, 2.45) is 9.98 Å². The van der Waals surface area contributed by atoms with Crippen LogP contribution in [0.15, 0.2) is 142 Å². The Hall–Kier alpha value is -3.02. The van der Waals surface area contributed by atoms with Gasteiger partial charge >= 0.3 is 0 Å². The number of likely N-dealkylation sites (tertiary alicyclic amines) is 2. The summed E-state index contributed by atoms with van der Waals surface area (Å²) in [5.41, 5.74) is 16.4. The van der Waals surface area contributed by atoms with E-state index in [1.807, 2.05) is 12.4 Å². The number of nitrogens with zero attached hydrogens (tertiary/aromatic N) is 4. The minimum atomic E-state index is 0. The first kappa shape index (κ1) is 50.6. The number of allylic oxidation sites excluding steroid dienone is 2. The lowest BCUT2D eigenvalue weighted by molar-refractivity contribution is 0.163. The molecule has 4 atom stereocenters. The summed E-state index contributed by atoms with van der Waals surface area (Å²) in [7, 11) is 0. The molecule has 2 aliphatic carbocycles. The number of fused-ring (bicyclic) bond motifs is 6. The number of hydrogen-bond acceptors (Lipinski definition) is 4. The smallest absolute Gasteiger partial charge is 0.0776 e. The van der Waals surface area contributed by atoms with Crippen LogP contribution in [0.5, 0.6) is 0 Å². The van der Waals surface area contributed by atoms with Gasteiger partial charge in [-0.25, -0.2) is 0 Å². The number of dihydropyridines is 2. The first-order valence-corrected chi connectivity index (χ1v) is 21.4. The van der Waals surface area contributed by atoms with Crippen molar-refractivity contribution in [2.45, 2.75) is 89.4 Å². The first-order chi connectivity index (χ1) is 27.7. The number of benzene rings is 4. The van der Waals surface area contributed by atoms with Crippen LogP contribution in [0.2, 0.25) is 0 Å². The standard InChI is InChI=1S/2C26H28N2.4BrH.H2O/c2*1-19(28-16-8-3-9-17-28)18-24-26-23(14-15-27-24)21-12-6-7-13-22(21)25(26)20-10-4-2-5-11-20;;;;;/h2*2,4-7,10-15,19,24H,3,8-9,16-18H2,1H3;4*1H;1H2. The molecule has 5 nitrogen and oxygen atoms in total. The Morgan fingerprint density at radius 2 is 0.787 bits per heavy atom. The maximum atomic E-state index is 4.98. The third-order valence-electron chi connectivity index (χ3n) is 13.1. The van der Waals surface area contributed by atoms with Gasteiger partial charge < -0.3 is 15.3 Å². The highest BCUT2D eigenvalue weighted by Crippen LogP contribution is 2.49. The van der Waals surface area contributed by atoms with Gasteiger partial charge in [-0.2, -0.15) is 0 Å². The summed E-state index contributed by atoms with van der Waals surface area (Å²) in [5, 5.41) is 0. The minimum absolute atomic E-state index is 0. The SMILES string of the molecule is Br.Br.Br.Br.CC(CC1N=CC=C2C1=C(c1ccccc1)c1ccccc12)N1CCCCC1.CC(CC1N=CC=C2C1=C(c1ccccc1)c1ccccc12)N1CCCCC1.O. The molecule has 0 saturated carbocycles. The van der Waals surface area contributed by atoms with E-state index in [4.69, 9.17) is 9.98 Å². The fourth-order valence-corrected chi connectivity index (χ4v) is 10.2. The second-order valence-corrected chi connectivity index (χ2v) is 16.6. The Kier molecular flexibility index (Phi) is 19.6. The largest absolute Gasteiger partial charge is 0.412 e. The fraction of sp³-hybridized carbons (Fsp3) is 0.346. The zero-order valence-corrected chi connectivity index (χ0v) is 42.3. The molecule has 9 heteroatoms. The third kappa shape index (κ3) is 10.7. The van der Waals surface area contributed by atoms with Gasteiger partial charge in [-0.15, -0.1) is 67.9 Å². The molecule has 4 aliphatic heterocycles. The van der Waals surface area contributed by atoms with Crippen LogP contribution in [0.3, 0.4) is 0 Å². The van der Waals surface area contributed by atoms with Crippen LogP contribution in [0, 0.1) is 0 Å². The number of aliphatic imine (C=N–C) groups is 2. The zero-order valence-electron chi connectivity index (χ0n) is 35.4. The Balaban J connectivity index is 0.000000248. The van der Waals surface area contributed by atoms with Crippen LogP contribution in [0.1, 0.15) is 98.6 Å². The normalized spacial score (nSPS) is 20.8. The van der Waals surface area contributed by atoms with E-state index >= 15 is 0 Å². The molecule has 2 N–H and O–H groups in total. The van der Waals surface area contributed by atoms with E-state index in [1.165, 1.54) is 132 Å². The van der Waals surface area contributed by atoms with E-state index in [2.05, 4.69) is 145 Å². The quantitative estimate of drug-likeness (QED) is 0.176. The van der Waals surface area contributed by atoms with Gasteiger partial charge in [0.15, 0.2) is 0 Å². The maximum absolute atomic E-state index is 4.98. The van der Waals surface area contributed by atoms with Crippen molar-refractivity contribution in [3.05, 3.63) is 166 Å². The predicted octanol–water partition coefficient (Wildman–Crippen LogP) is 12.7. The second kappa shape index (κ2) is 23.6. The van der Waals surface area contributed by atoms with Crippen molar-refractivity contribution in [1.82, 2.24) is 9.80 Å².